The Balaban J connectivity index is 0.00000264. The number of hydrogen-bond donors (Lipinski definition) is 1. The van der Waals surface area contributed by atoms with E-state index in [0.29, 0.717) is 6.61 Å². The lowest BCUT2D eigenvalue weighted by Crippen LogP contribution is -2.15. The number of hydrogen-bond acceptors (Lipinski definition) is 3. The van der Waals surface area contributed by atoms with E-state index in [4.69, 9.17) is 9.47 Å². The Kier molecular flexibility index (Phi) is 9.18. The van der Waals surface area contributed by atoms with E-state index in [0.717, 1.165) is 35.7 Å². The van der Waals surface area contributed by atoms with Crippen molar-refractivity contribution in [2.45, 2.75) is 32.9 Å². The van der Waals surface area contributed by atoms with Crippen LogP contribution in [0.15, 0.2) is 48.5 Å². The first kappa shape index (κ1) is 19.3. The van der Waals surface area contributed by atoms with Crippen molar-refractivity contribution in [3.63, 3.8) is 0 Å². The first-order valence-electron chi connectivity index (χ1n) is 7.88. The van der Waals surface area contributed by atoms with Crippen LogP contribution in [0, 0.1) is 0 Å². The molecule has 0 atom stereocenters. The molecular weight excluding hydrogens is 310 g/mol. The molecule has 2 rings (SSSR count). The van der Waals surface area contributed by atoms with Gasteiger partial charge in [-0.1, -0.05) is 55.8 Å². The van der Waals surface area contributed by atoms with Crippen LogP contribution in [0.5, 0.6) is 11.5 Å². The van der Waals surface area contributed by atoms with E-state index in [2.05, 4.69) is 30.4 Å². The highest BCUT2D eigenvalue weighted by Gasteiger charge is 2.10. The van der Waals surface area contributed by atoms with E-state index in [1.807, 2.05) is 30.3 Å². The van der Waals surface area contributed by atoms with Gasteiger partial charge >= 0.3 is 0 Å². The van der Waals surface area contributed by atoms with Crippen LogP contribution in [0.2, 0.25) is 0 Å². The van der Waals surface area contributed by atoms with Crippen LogP contribution >= 0.6 is 12.4 Å². The molecule has 0 aliphatic heterocycles. The number of para-hydroxylation sites is 1. The lowest BCUT2D eigenvalue weighted by molar-refractivity contribution is 0.280. The Labute approximate surface area is 145 Å². The van der Waals surface area contributed by atoms with Gasteiger partial charge in [0.1, 0.15) is 6.61 Å². The fourth-order valence-corrected chi connectivity index (χ4v) is 2.28. The quantitative estimate of drug-likeness (QED) is 0.680. The summed E-state index contributed by atoms with van der Waals surface area (Å²) in [5.41, 5.74) is 2.28. The standard InChI is InChI=1S/C19H25NO2.ClH/c1-3-4-13-20-14-17-11-8-12-18(21-2)19(17)22-15-16-9-6-5-7-10-16;/h5-12,20H,3-4,13-15H2,1-2H3;1H. The first-order chi connectivity index (χ1) is 10.8. The van der Waals surface area contributed by atoms with Gasteiger partial charge in [0.2, 0.25) is 0 Å². The molecule has 0 saturated heterocycles. The fourth-order valence-electron chi connectivity index (χ4n) is 2.28. The lowest BCUT2D eigenvalue weighted by atomic mass is 10.1. The van der Waals surface area contributed by atoms with Crippen LogP contribution in [0.4, 0.5) is 0 Å². The molecule has 0 spiro atoms. The highest BCUT2D eigenvalue weighted by molar-refractivity contribution is 5.85. The van der Waals surface area contributed by atoms with E-state index in [1.165, 1.54) is 12.8 Å². The summed E-state index contributed by atoms with van der Waals surface area (Å²) in [6, 6.07) is 16.2. The SMILES string of the molecule is CCCCNCc1cccc(OC)c1OCc1ccccc1.Cl. The van der Waals surface area contributed by atoms with Crippen molar-refractivity contribution in [1.29, 1.82) is 0 Å². The van der Waals surface area contributed by atoms with Crippen LogP contribution in [-0.4, -0.2) is 13.7 Å². The minimum atomic E-state index is 0. The zero-order valence-electron chi connectivity index (χ0n) is 13.9. The topological polar surface area (TPSA) is 30.5 Å². The Hall–Kier alpha value is -1.71. The third-order valence-corrected chi connectivity index (χ3v) is 3.53. The van der Waals surface area contributed by atoms with Crippen molar-refractivity contribution in [3.05, 3.63) is 59.7 Å². The number of unbranched alkanes of at least 4 members (excludes halogenated alkanes) is 1. The normalized spacial score (nSPS) is 10.0. The van der Waals surface area contributed by atoms with E-state index in [-0.39, 0.29) is 12.4 Å². The summed E-state index contributed by atoms with van der Waals surface area (Å²) < 4.78 is 11.5. The van der Waals surface area contributed by atoms with Gasteiger partial charge in [-0.2, -0.15) is 0 Å². The largest absolute Gasteiger partial charge is 0.493 e. The van der Waals surface area contributed by atoms with Crippen molar-refractivity contribution >= 4 is 12.4 Å². The second-order valence-corrected chi connectivity index (χ2v) is 5.25. The summed E-state index contributed by atoms with van der Waals surface area (Å²) in [6.07, 6.45) is 2.38. The van der Waals surface area contributed by atoms with Crippen LogP contribution in [0.25, 0.3) is 0 Å². The average molecular weight is 336 g/mol. The summed E-state index contributed by atoms with van der Waals surface area (Å²) in [5, 5.41) is 3.46. The maximum absolute atomic E-state index is 6.04. The summed E-state index contributed by atoms with van der Waals surface area (Å²) in [4.78, 5) is 0. The summed E-state index contributed by atoms with van der Waals surface area (Å²) in [5.74, 6) is 1.61. The highest BCUT2D eigenvalue weighted by atomic mass is 35.5. The van der Waals surface area contributed by atoms with Crippen LogP contribution in [-0.2, 0) is 13.2 Å². The minimum Gasteiger partial charge on any atom is -0.493 e. The van der Waals surface area contributed by atoms with Gasteiger partial charge in [0.25, 0.3) is 0 Å². The van der Waals surface area contributed by atoms with Gasteiger partial charge < -0.3 is 14.8 Å². The molecule has 0 amide bonds. The van der Waals surface area contributed by atoms with E-state index < -0.39 is 0 Å². The van der Waals surface area contributed by atoms with Gasteiger partial charge in [0.15, 0.2) is 11.5 Å². The zero-order valence-corrected chi connectivity index (χ0v) is 14.7. The number of methoxy groups -OCH3 is 1. The van der Waals surface area contributed by atoms with Gasteiger partial charge in [0, 0.05) is 12.1 Å². The molecule has 0 radical (unpaired) electrons. The third kappa shape index (κ3) is 6.12. The van der Waals surface area contributed by atoms with Gasteiger partial charge in [-0.25, -0.2) is 0 Å². The highest BCUT2D eigenvalue weighted by Crippen LogP contribution is 2.31. The van der Waals surface area contributed by atoms with Crippen molar-refractivity contribution in [3.8, 4) is 11.5 Å². The molecule has 1 N–H and O–H groups in total. The molecule has 0 aliphatic rings. The fraction of sp³-hybridized carbons (Fsp3) is 0.368. The van der Waals surface area contributed by atoms with Crippen molar-refractivity contribution in [2.75, 3.05) is 13.7 Å². The molecule has 4 heteroatoms. The molecule has 3 nitrogen and oxygen atoms in total. The molecule has 0 fully saturated rings. The number of ether oxygens (including phenoxy) is 2. The maximum atomic E-state index is 6.04. The van der Waals surface area contributed by atoms with Gasteiger partial charge in [0.05, 0.1) is 7.11 Å². The number of rotatable bonds is 9. The number of benzene rings is 2. The van der Waals surface area contributed by atoms with Gasteiger partial charge in [-0.15, -0.1) is 12.4 Å². The first-order valence-corrected chi connectivity index (χ1v) is 7.88. The Bertz CT molecular complexity index is 561. The molecule has 0 bridgehead atoms. The molecule has 0 saturated carbocycles. The minimum absolute atomic E-state index is 0. The van der Waals surface area contributed by atoms with Crippen molar-refractivity contribution in [1.82, 2.24) is 5.32 Å². The lowest BCUT2D eigenvalue weighted by Gasteiger charge is -2.15. The van der Waals surface area contributed by atoms with Crippen molar-refractivity contribution < 1.29 is 9.47 Å². The van der Waals surface area contributed by atoms with Crippen molar-refractivity contribution in [2.24, 2.45) is 0 Å². The zero-order chi connectivity index (χ0) is 15.6. The maximum Gasteiger partial charge on any atom is 0.166 e. The Morgan fingerprint density at radius 1 is 1.00 bits per heavy atom. The van der Waals surface area contributed by atoms with E-state index in [1.54, 1.807) is 7.11 Å². The summed E-state index contributed by atoms with van der Waals surface area (Å²) >= 11 is 0. The summed E-state index contributed by atoms with van der Waals surface area (Å²) in [7, 11) is 1.68. The molecule has 2 aromatic carbocycles. The average Bonchev–Trinajstić information content (AvgIpc) is 2.58. The van der Waals surface area contributed by atoms with Crippen LogP contribution in [0.3, 0.4) is 0 Å². The smallest absolute Gasteiger partial charge is 0.166 e. The molecule has 0 aliphatic carbocycles. The molecule has 0 heterocycles. The Morgan fingerprint density at radius 3 is 2.48 bits per heavy atom. The van der Waals surface area contributed by atoms with E-state index in [9.17, 15) is 0 Å². The molecule has 0 aromatic heterocycles. The Morgan fingerprint density at radius 2 is 1.78 bits per heavy atom. The monoisotopic (exact) mass is 335 g/mol. The second-order valence-electron chi connectivity index (χ2n) is 5.25. The summed E-state index contributed by atoms with van der Waals surface area (Å²) in [6.45, 7) is 4.55. The predicted molar refractivity (Wildman–Crippen MR) is 97.6 cm³/mol. The molecular formula is C19H26ClNO2. The molecule has 2 aromatic rings. The third-order valence-electron chi connectivity index (χ3n) is 3.53. The number of halogens is 1. The van der Waals surface area contributed by atoms with Crippen LogP contribution in [0.1, 0.15) is 30.9 Å². The van der Waals surface area contributed by atoms with Crippen LogP contribution < -0.4 is 14.8 Å². The predicted octanol–water partition coefficient (Wildman–Crippen LogP) is 4.59. The van der Waals surface area contributed by atoms with Gasteiger partial charge in [-0.05, 0) is 24.6 Å². The molecule has 0 unspecified atom stereocenters. The molecule has 126 valence electrons. The second kappa shape index (κ2) is 10.9. The van der Waals surface area contributed by atoms with E-state index >= 15 is 0 Å². The number of nitrogens with one attached hydrogen (secondary N) is 1. The van der Waals surface area contributed by atoms with Gasteiger partial charge in [-0.3, -0.25) is 0 Å². The molecule has 23 heavy (non-hydrogen) atoms.